The van der Waals surface area contributed by atoms with Crippen LogP contribution in [-0.4, -0.2) is 19.5 Å². The monoisotopic (exact) mass is 318 g/mol. The Morgan fingerprint density at radius 3 is 2.88 bits per heavy atom. The molecule has 0 aliphatic heterocycles. The number of nitrogens with zero attached hydrogens (tertiary/aromatic N) is 3. The van der Waals surface area contributed by atoms with Crippen LogP contribution >= 0.6 is 0 Å². The lowest BCUT2D eigenvalue weighted by molar-refractivity contribution is -0.669. The summed E-state index contributed by atoms with van der Waals surface area (Å²) in [4.78, 5) is 11.3. The largest absolute Gasteiger partial charge is 0.461 e. The highest BCUT2D eigenvalue weighted by molar-refractivity contribution is 6.12. The van der Waals surface area contributed by atoms with E-state index in [2.05, 4.69) is 27.1 Å². The Kier molecular flexibility index (Phi) is 2.53. The van der Waals surface area contributed by atoms with E-state index in [1.54, 1.807) is 6.26 Å². The molecule has 5 aromatic rings. The first-order valence-electron chi connectivity index (χ1n) is 7.76. The zero-order valence-corrected chi connectivity index (χ0v) is 13.4. The maximum Gasteiger partial charge on any atom is 0.241 e. The van der Waals surface area contributed by atoms with E-state index in [0.717, 1.165) is 44.6 Å². The number of hydrogen-bond donors (Lipinski definition) is 2. The van der Waals surface area contributed by atoms with E-state index in [1.807, 2.05) is 54.2 Å². The minimum absolute atomic E-state index is 0.869. The molecule has 0 unspecified atom stereocenters. The van der Waals surface area contributed by atoms with Crippen LogP contribution in [0.4, 0.5) is 0 Å². The zero-order valence-electron chi connectivity index (χ0n) is 13.4. The van der Waals surface area contributed by atoms with Crippen LogP contribution in [0.3, 0.4) is 0 Å². The van der Waals surface area contributed by atoms with Crippen molar-refractivity contribution in [3.05, 3.63) is 49.4 Å². The molecule has 0 bridgehead atoms. The fraction of sp³-hybridized carbons (Fsp3) is 0.111. The number of nitrogens with one attached hydrogen (secondary N) is 2. The summed E-state index contributed by atoms with van der Waals surface area (Å²) in [6.07, 6.45) is 9.50. The van der Waals surface area contributed by atoms with Gasteiger partial charge in [0.1, 0.15) is 18.3 Å². The van der Waals surface area contributed by atoms with Crippen LogP contribution in [0.25, 0.3) is 44.6 Å². The summed E-state index contributed by atoms with van der Waals surface area (Å²) < 4.78 is 9.88. The molecule has 2 N–H and O–H groups in total. The highest BCUT2D eigenvalue weighted by Gasteiger charge is 2.20. The number of H-pyrrole nitrogens is 2. The zero-order chi connectivity index (χ0) is 16.3. The van der Waals surface area contributed by atoms with Crippen molar-refractivity contribution in [2.75, 3.05) is 0 Å². The summed E-state index contributed by atoms with van der Waals surface area (Å²) >= 11 is 0. The lowest BCUT2D eigenvalue weighted by atomic mass is 10.1. The summed E-state index contributed by atoms with van der Waals surface area (Å²) in [6, 6.07) is 6.19. The summed E-state index contributed by atoms with van der Waals surface area (Å²) in [7, 11) is 3.99. The Bertz CT molecular complexity index is 1190. The first-order valence-corrected chi connectivity index (χ1v) is 7.76. The molecule has 0 aliphatic carbocycles. The number of aryl methyl sites for hydroxylation is 2. The van der Waals surface area contributed by atoms with E-state index >= 15 is 0 Å². The molecule has 4 heterocycles. The molecule has 118 valence electrons. The standard InChI is InChI=1S/C18H15N5O/c1-22-8-14(20-10-22)13-9-24-17-11-4-3-5-12(15(11)21-16(13)17)18-19-6-7-23(18)2/h3-10H,1-2H3,(H,19,21)/p+1. The Hall–Kier alpha value is -3.28. The molecule has 24 heavy (non-hydrogen) atoms. The predicted molar refractivity (Wildman–Crippen MR) is 91.2 cm³/mol. The van der Waals surface area contributed by atoms with Gasteiger partial charge in [-0.3, -0.25) is 0 Å². The van der Waals surface area contributed by atoms with Crippen LogP contribution in [0.15, 0.2) is 53.8 Å². The van der Waals surface area contributed by atoms with Gasteiger partial charge in [-0.05, 0) is 12.1 Å². The quantitative estimate of drug-likeness (QED) is 0.491. The highest BCUT2D eigenvalue weighted by Crippen LogP contribution is 2.37. The summed E-state index contributed by atoms with van der Waals surface area (Å²) in [5, 5.41) is 1.06. The second-order valence-corrected chi connectivity index (χ2v) is 6.05. The third-order valence-corrected chi connectivity index (χ3v) is 4.46. The third kappa shape index (κ3) is 1.70. The van der Waals surface area contributed by atoms with E-state index in [1.165, 1.54) is 0 Å². The molecule has 0 fully saturated rings. The van der Waals surface area contributed by atoms with Crippen molar-refractivity contribution < 1.29 is 8.98 Å². The maximum absolute atomic E-state index is 5.88. The summed E-state index contributed by atoms with van der Waals surface area (Å²) in [5.74, 6) is 0.928. The normalized spacial score (nSPS) is 11.8. The van der Waals surface area contributed by atoms with Crippen molar-refractivity contribution >= 4 is 22.0 Å². The number of imidazole rings is 2. The Balaban J connectivity index is 1.82. The topological polar surface area (TPSA) is 66.4 Å². The summed E-state index contributed by atoms with van der Waals surface area (Å²) in [5.41, 5.74) is 6.00. The van der Waals surface area contributed by atoms with Crippen molar-refractivity contribution in [1.29, 1.82) is 0 Å². The fourth-order valence-electron chi connectivity index (χ4n) is 3.29. The van der Waals surface area contributed by atoms with Gasteiger partial charge in [0, 0.05) is 30.4 Å². The van der Waals surface area contributed by atoms with E-state index < -0.39 is 0 Å². The average Bonchev–Trinajstić information content (AvgIpc) is 3.31. The predicted octanol–water partition coefficient (Wildman–Crippen LogP) is 3.13. The number of hydrogen-bond acceptors (Lipinski definition) is 2. The molecule has 0 saturated carbocycles. The molecular weight excluding hydrogens is 302 g/mol. The van der Waals surface area contributed by atoms with Crippen molar-refractivity contribution in [2.45, 2.75) is 0 Å². The lowest BCUT2D eigenvalue weighted by Crippen LogP contribution is -2.22. The SMILES string of the molecule is Cn1ccnc1-c1cccc2c1[nH]c1c(-c3c[n+](C)c[nH]3)coc12. The van der Waals surface area contributed by atoms with Gasteiger partial charge < -0.3 is 14.0 Å². The molecule has 0 spiro atoms. The average molecular weight is 318 g/mol. The van der Waals surface area contributed by atoms with Gasteiger partial charge in [0.15, 0.2) is 11.3 Å². The van der Waals surface area contributed by atoms with Gasteiger partial charge in [-0.15, -0.1) is 0 Å². The lowest BCUT2D eigenvalue weighted by Gasteiger charge is -2.03. The molecule has 6 nitrogen and oxygen atoms in total. The molecule has 1 aromatic carbocycles. The van der Waals surface area contributed by atoms with Crippen molar-refractivity contribution in [3.63, 3.8) is 0 Å². The molecule has 6 heteroatoms. The van der Waals surface area contributed by atoms with Gasteiger partial charge in [0.05, 0.1) is 23.6 Å². The maximum atomic E-state index is 5.88. The molecule has 0 radical (unpaired) electrons. The molecule has 5 rings (SSSR count). The summed E-state index contributed by atoms with van der Waals surface area (Å²) in [6.45, 7) is 0. The van der Waals surface area contributed by atoms with Gasteiger partial charge in [-0.1, -0.05) is 6.07 Å². The third-order valence-electron chi connectivity index (χ3n) is 4.46. The molecule has 4 aromatic heterocycles. The van der Waals surface area contributed by atoms with E-state index in [9.17, 15) is 0 Å². The molecule has 0 atom stereocenters. The first-order chi connectivity index (χ1) is 11.7. The molecular formula is C18H16N5O+. The van der Waals surface area contributed by atoms with Crippen LogP contribution in [0.5, 0.6) is 0 Å². The second kappa shape index (κ2) is 4.61. The number of fused-ring (bicyclic) bond motifs is 3. The van der Waals surface area contributed by atoms with Crippen molar-refractivity contribution in [1.82, 2.24) is 19.5 Å². The van der Waals surface area contributed by atoms with E-state index in [4.69, 9.17) is 4.42 Å². The minimum atomic E-state index is 0.869. The van der Waals surface area contributed by atoms with Crippen LogP contribution in [0.1, 0.15) is 0 Å². The second-order valence-electron chi connectivity index (χ2n) is 6.05. The fourth-order valence-corrected chi connectivity index (χ4v) is 3.29. The van der Waals surface area contributed by atoms with Gasteiger partial charge in [0.2, 0.25) is 6.33 Å². The van der Waals surface area contributed by atoms with Gasteiger partial charge >= 0.3 is 0 Å². The number of rotatable bonds is 2. The Morgan fingerprint density at radius 2 is 2.12 bits per heavy atom. The van der Waals surface area contributed by atoms with Gasteiger partial charge in [0.25, 0.3) is 0 Å². The van der Waals surface area contributed by atoms with Crippen molar-refractivity contribution in [2.24, 2.45) is 14.1 Å². The van der Waals surface area contributed by atoms with E-state index in [0.29, 0.717) is 0 Å². The van der Waals surface area contributed by atoms with Gasteiger partial charge in [-0.2, -0.15) is 0 Å². The number of furan rings is 1. The molecule has 0 amide bonds. The number of benzene rings is 1. The number of para-hydroxylation sites is 1. The number of aromatic nitrogens is 5. The molecule has 0 aliphatic rings. The van der Waals surface area contributed by atoms with Crippen molar-refractivity contribution in [3.8, 4) is 22.6 Å². The van der Waals surface area contributed by atoms with Crippen LogP contribution < -0.4 is 4.57 Å². The van der Waals surface area contributed by atoms with Crippen LogP contribution in [-0.2, 0) is 14.1 Å². The highest BCUT2D eigenvalue weighted by atomic mass is 16.3. The molecule has 0 saturated heterocycles. The first kappa shape index (κ1) is 13.2. The Morgan fingerprint density at radius 1 is 1.21 bits per heavy atom. The van der Waals surface area contributed by atoms with E-state index in [-0.39, 0.29) is 0 Å². The van der Waals surface area contributed by atoms with Crippen LogP contribution in [0.2, 0.25) is 0 Å². The van der Waals surface area contributed by atoms with Gasteiger partial charge in [-0.25, -0.2) is 14.5 Å². The number of aromatic amines is 2. The smallest absolute Gasteiger partial charge is 0.241 e. The Labute approximate surface area is 137 Å². The van der Waals surface area contributed by atoms with Crippen LogP contribution in [0, 0.1) is 0 Å². The minimum Gasteiger partial charge on any atom is -0.461 e.